The summed E-state index contributed by atoms with van der Waals surface area (Å²) in [5.74, 6) is 0. The summed E-state index contributed by atoms with van der Waals surface area (Å²) in [6, 6.07) is 1.52. The van der Waals surface area contributed by atoms with Crippen LogP contribution in [0.3, 0.4) is 0 Å². The van der Waals surface area contributed by atoms with E-state index in [9.17, 15) is 0 Å². The van der Waals surface area contributed by atoms with Crippen LogP contribution in [0.15, 0.2) is 0 Å². The first-order valence-electron chi connectivity index (χ1n) is 7.36. The summed E-state index contributed by atoms with van der Waals surface area (Å²) in [4.78, 5) is 5.07. The number of aliphatic hydroxyl groups is 1. The summed E-state index contributed by atoms with van der Waals surface area (Å²) in [6.45, 7) is 3.63. The van der Waals surface area contributed by atoms with Crippen molar-refractivity contribution in [3.05, 3.63) is 0 Å². The average Bonchev–Trinajstić information content (AvgIpc) is 2.40. The lowest BCUT2D eigenvalue weighted by Crippen LogP contribution is -2.51. The molecule has 0 aromatic carbocycles. The number of piperidine rings is 1. The van der Waals surface area contributed by atoms with Gasteiger partial charge in [-0.15, -0.1) is 0 Å². The average molecular weight is 240 g/mol. The maximum Gasteiger partial charge on any atom is 0.0558 e. The number of likely N-dealkylation sites (N-methyl/N-ethyl adjacent to an activating group) is 1. The highest BCUT2D eigenvalue weighted by Crippen LogP contribution is 2.26. The molecule has 0 radical (unpaired) electrons. The Bertz CT molecular complexity index is 216. The van der Waals surface area contributed by atoms with Gasteiger partial charge in [0.15, 0.2) is 0 Å². The lowest BCUT2D eigenvalue weighted by molar-refractivity contribution is 0.0621. The Kier molecular flexibility index (Phi) is 5.26. The van der Waals surface area contributed by atoms with Gasteiger partial charge in [0.25, 0.3) is 0 Å². The predicted molar refractivity (Wildman–Crippen MR) is 71.2 cm³/mol. The van der Waals surface area contributed by atoms with Gasteiger partial charge in [0, 0.05) is 25.2 Å². The molecule has 1 unspecified atom stereocenters. The molecule has 0 aromatic heterocycles. The molecule has 1 heterocycles. The second-order valence-corrected chi connectivity index (χ2v) is 5.79. The largest absolute Gasteiger partial charge is 0.395 e. The third-order valence-electron chi connectivity index (χ3n) is 4.60. The molecule has 100 valence electrons. The molecule has 3 heteroatoms. The molecule has 0 amide bonds. The third-order valence-corrected chi connectivity index (χ3v) is 4.60. The van der Waals surface area contributed by atoms with Crippen LogP contribution in [0.2, 0.25) is 0 Å². The molecule has 1 aliphatic carbocycles. The number of hydrogen-bond donors (Lipinski definition) is 1. The second-order valence-electron chi connectivity index (χ2n) is 5.79. The summed E-state index contributed by atoms with van der Waals surface area (Å²) >= 11 is 0. The third kappa shape index (κ3) is 3.67. The minimum Gasteiger partial charge on any atom is -0.395 e. The van der Waals surface area contributed by atoms with Crippen molar-refractivity contribution in [2.24, 2.45) is 0 Å². The first kappa shape index (κ1) is 13.3. The topological polar surface area (TPSA) is 26.7 Å². The van der Waals surface area contributed by atoms with Crippen molar-refractivity contribution >= 4 is 0 Å². The first-order valence-corrected chi connectivity index (χ1v) is 7.36. The molecular formula is C14H28N2O. The Hall–Kier alpha value is -0.120. The van der Waals surface area contributed by atoms with Gasteiger partial charge in [-0.1, -0.05) is 19.3 Å². The normalized spacial score (nSPS) is 28.8. The Morgan fingerprint density at radius 2 is 1.88 bits per heavy atom. The highest BCUT2D eigenvalue weighted by Gasteiger charge is 2.28. The molecular weight excluding hydrogens is 212 g/mol. The Balaban J connectivity index is 1.83. The van der Waals surface area contributed by atoms with Crippen molar-refractivity contribution in [3.63, 3.8) is 0 Å². The van der Waals surface area contributed by atoms with Crippen molar-refractivity contribution in [2.45, 2.75) is 57.0 Å². The second kappa shape index (κ2) is 6.72. The quantitative estimate of drug-likeness (QED) is 0.810. The van der Waals surface area contributed by atoms with Crippen molar-refractivity contribution in [1.82, 2.24) is 9.80 Å². The van der Waals surface area contributed by atoms with E-state index in [1.807, 2.05) is 0 Å². The van der Waals surface area contributed by atoms with E-state index < -0.39 is 0 Å². The standard InChI is InChI=1S/C14H28N2O/c1-15(10-11-17)14-8-5-9-16(12-14)13-6-3-2-4-7-13/h13-14,17H,2-12H2,1H3. The summed E-state index contributed by atoms with van der Waals surface area (Å²) < 4.78 is 0. The number of rotatable bonds is 4. The van der Waals surface area contributed by atoms with Crippen LogP contribution in [0, 0.1) is 0 Å². The van der Waals surface area contributed by atoms with Crippen LogP contribution in [0.1, 0.15) is 44.9 Å². The predicted octanol–water partition coefficient (Wildman–Crippen LogP) is 1.71. The van der Waals surface area contributed by atoms with Crippen LogP contribution in [0.5, 0.6) is 0 Å². The van der Waals surface area contributed by atoms with Gasteiger partial charge in [0.2, 0.25) is 0 Å². The smallest absolute Gasteiger partial charge is 0.0558 e. The van der Waals surface area contributed by atoms with Gasteiger partial charge in [-0.2, -0.15) is 0 Å². The lowest BCUT2D eigenvalue weighted by Gasteiger charge is -2.42. The zero-order chi connectivity index (χ0) is 12.1. The van der Waals surface area contributed by atoms with E-state index >= 15 is 0 Å². The van der Waals surface area contributed by atoms with Crippen LogP contribution in [0.25, 0.3) is 0 Å². The molecule has 1 N–H and O–H groups in total. The molecule has 17 heavy (non-hydrogen) atoms. The Morgan fingerprint density at radius 1 is 1.12 bits per heavy atom. The van der Waals surface area contributed by atoms with Crippen molar-refractivity contribution in [1.29, 1.82) is 0 Å². The molecule has 0 spiro atoms. The SMILES string of the molecule is CN(CCO)C1CCCN(C2CCCCC2)C1. The van der Waals surface area contributed by atoms with Crippen molar-refractivity contribution < 1.29 is 5.11 Å². The van der Waals surface area contributed by atoms with Gasteiger partial charge >= 0.3 is 0 Å². The van der Waals surface area contributed by atoms with E-state index in [0.29, 0.717) is 6.04 Å². The molecule has 1 saturated heterocycles. The van der Waals surface area contributed by atoms with Gasteiger partial charge in [0.05, 0.1) is 6.61 Å². The monoisotopic (exact) mass is 240 g/mol. The fraction of sp³-hybridized carbons (Fsp3) is 1.00. The van der Waals surface area contributed by atoms with Crippen LogP contribution in [-0.2, 0) is 0 Å². The number of nitrogens with zero attached hydrogens (tertiary/aromatic N) is 2. The van der Waals surface area contributed by atoms with E-state index in [0.717, 1.165) is 12.6 Å². The fourth-order valence-electron chi connectivity index (χ4n) is 3.46. The van der Waals surface area contributed by atoms with Gasteiger partial charge < -0.3 is 5.11 Å². The summed E-state index contributed by atoms with van der Waals surface area (Å²) in [6.07, 6.45) is 9.76. The van der Waals surface area contributed by atoms with Crippen molar-refractivity contribution in [2.75, 3.05) is 33.3 Å². The molecule has 1 saturated carbocycles. The highest BCUT2D eigenvalue weighted by molar-refractivity contribution is 4.84. The minimum absolute atomic E-state index is 0.288. The maximum absolute atomic E-state index is 9.03. The Morgan fingerprint density at radius 3 is 2.59 bits per heavy atom. The van der Waals surface area contributed by atoms with E-state index in [1.165, 1.54) is 58.0 Å². The lowest BCUT2D eigenvalue weighted by atomic mass is 9.92. The van der Waals surface area contributed by atoms with Gasteiger partial charge in [-0.25, -0.2) is 0 Å². The maximum atomic E-state index is 9.03. The number of likely N-dealkylation sites (tertiary alicyclic amines) is 1. The summed E-state index contributed by atoms with van der Waals surface area (Å²) in [5.41, 5.74) is 0. The molecule has 0 bridgehead atoms. The summed E-state index contributed by atoms with van der Waals surface area (Å²) in [5, 5.41) is 9.03. The molecule has 1 aliphatic heterocycles. The molecule has 2 fully saturated rings. The molecule has 2 rings (SSSR count). The van der Waals surface area contributed by atoms with E-state index in [2.05, 4.69) is 16.8 Å². The zero-order valence-corrected chi connectivity index (χ0v) is 11.3. The van der Waals surface area contributed by atoms with Crippen LogP contribution in [-0.4, -0.2) is 60.3 Å². The van der Waals surface area contributed by atoms with Crippen LogP contribution < -0.4 is 0 Å². The first-order chi connectivity index (χ1) is 8.31. The molecule has 3 nitrogen and oxygen atoms in total. The van der Waals surface area contributed by atoms with E-state index in [4.69, 9.17) is 5.11 Å². The fourth-order valence-corrected chi connectivity index (χ4v) is 3.46. The number of hydrogen-bond acceptors (Lipinski definition) is 3. The number of aliphatic hydroxyl groups excluding tert-OH is 1. The molecule has 2 aliphatic rings. The van der Waals surface area contributed by atoms with Gasteiger partial charge in [-0.05, 0) is 39.3 Å². The Labute approximate surface area is 106 Å². The van der Waals surface area contributed by atoms with Crippen LogP contribution in [0.4, 0.5) is 0 Å². The van der Waals surface area contributed by atoms with Crippen LogP contribution >= 0.6 is 0 Å². The zero-order valence-electron chi connectivity index (χ0n) is 11.3. The molecule has 0 aromatic rings. The van der Waals surface area contributed by atoms with Crippen molar-refractivity contribution in [3.8, 4) is 0 Å². The van der Waals surface area contributed by atoms with E-state index in [1.54, 1.807) is 0 Å². The highest BCUT2D eigenvalue weighted by atomic mass is 16.3. The molecule has 1 atom stereocenters. The minimum atomic E-state index is 0.288. The van der Waals surface area contributed by atoms with E-state index in [-0.39, 0.29) is 6.61 Å². The van der Waals surface area contributed by atoms with Gasteiger partial charge in [0.1, 0.15) is 0 Å². The summed E-state index contributed by atoms with van der Waals surface area (Å²) in [7, 11) is 2.16. The van der Waals surface area contributed by atoms with Gasteiger partial charge in [-0.3, -0.25) is 9.80 Å².